The molecule has 0 unspecified atom stereocenters. The van der Waals surface area contributed by atoms with E-state index in [2.05, 4.69) is 5.32 Å². The van der Waals surface area contributed by atoms with Crippen LogP contribution in [-0.4, -0.2) is 63.3 Å². The standard InChI is InChI=1S/C19H23FN2O4/c1-25-17(24)19-11-22(7-14(19)8-26-12-19)16(23)18(9-21-10-18)6-13-4-2-3-5-15(13)20/h2-5,14,21H,6-12H2,1H3/t14-,19-/m0/s1. The number of fused-ring (bicyclic) bond motifs is 1. The van der Waals surface area contributed by atoms with Gasteiger partial charge in [-0.1, -0.05) is 18.2 Å². The highest BCUT2D eigenvalue weighted by Gasteiger charge is 2.60. The number of amides is 1. The van der Waals surface area contributed by atoms with Crippen molar-refractivity contribution in [3.8, 4) is 0 Å². The molecule has 0 spiro atoms. The summed E-state index contributed by atoms with van der Waals surface area (Å²) in [6.45, 7) is 2.56. The van der Waals surface area contributed by atoms with Crippen LogP contribution in [0.3, 0.4) is 0 Å². The summed E-state index contributed by atoms with van der Waals surface area (Å²) >= 11 is 0. The average Bonchev–Trinajstić information content (AvgIpc) is 3.16. The molecule has 0 radical (unpaired) electrons. The number of rotatable bonds is 4. The molecule has 26 heavy (non-hydrogen) atoms. The Labute approximate surface area is 151 Å². The molecule has 0 bridgehead atoms. The van der Waals surface area contributed by atoms with Crippen LogP contribution in [0.25, 0.3) is 0 Å². The number of benzene rings is 1. The summed E-state index contributed by atoms with van der Waals surface area (Å²) in [5.41, 5.74) is -0.868. The van der Waals surface area contributed by atoms with E-state index in [1.165, 1.54) is 13.2 Å². The van der Waals surface area contributed by atoms with Gasteiger partial charge in [0.1, 0.15) is 11.2 Å². The lowest BCUT2D eigenvalue weighted by Crippen LogP contribution is -2.63. The second-order valence-electron chi connectivity index (χ2n) is 7.70. The Balaban J connectivity index is 1.55. The first-order valence-corrected chi connectivity index (χ1v) is 8.90. The summed E-state index contributed by atoms with van der Waals surface area (Å²) < 4.78 is 24.6. The maximum absolute atomic E-state index is 14.1. The van der Waals surface area contributed by atoms with Gasteiger partial charge in [0.05, 0.1) is 25.7 Å². The molecular formula is C19H23FN2O4. The van der Waals surface area contributed by atoms with Crippen molar-refractivity contribution in [2.45, 2.75) is 6.42 Å². The van der Waals surface area contributed by atoms with Gasteiger partial charge in [0.2, 0.25) is 5.91 Å². The van der Waals surface area contributed by atoms with E-state index in [9.17, 15) is 14.0 Å². The number of hydrogen-bond acceptors (Lipinski definition) is 5. The fraction of sp³-hybridized carbons (Fsp3) is 0.579. The lowest BCUT2D eigenvalue weighted by Gasteiger charge is -2.44. The van der Waals surface area contributed by atoms with Crippen LogP contribution in [0.15, 0.2) is 24.3 Å². The van der Waals surface area contributed by atoms with E-state index in [-0.39, 0.29) is 30.2 Å². The zero-order valence-electron chi connectivity index (χ0n) is 14.8. The normalized spacial score (nSPS) is 29.2. The fourth-order valence-electron chi connectivity index (χ4n) is 4.50. The van der Waals surface area contributed by atoms with Crippen LogP contribution in [-0.2, 0) is 25.5 Å². The molecule has 3 saturated heterocycles. The van der Waals surface area contributed by atoms with E-state index in [4.69, 9.17) is 9.47 Å². The zero-order valence-corrected chi connectivity index (χ0v) is 14.8. The van der Waals surface area contributed by atoms with E-state index < -0.39 is 10.8 Å². The van der Waals surface area contributed by atoms with Gasteiger partial charge >= 0.3 is 5.97 Å². The first-order valence-electron chi connectivity index (χ1n) is 8.90. The molecule has 1 amide bonds. The third-order valence-corrected chi connectivity index (χ3v) is 6.12. The number of halogens is 1. The number of carbonyl (C=O) groups is 2. The van der Waals surface area contributed by atoms with Crippen LogP contribution >= 0.6 is 0 Å². The summed E-state index contributed by atoms with van der Waals surface area (Å²) in [6, 6.07) is 6.58. The van der Waals surface area contributed by atoms with Crippen LogP contribution < -0.4 is 5.32 Å². The molecule has 3 heterocycles. The maximum atomic E-state index is 14.1. The van der Waals surface area contributed by atoms with Crippen molar-refractivity contribution < 1.29 is 23.5 Å². The van der Waals surface area contributed by atoms with Crippen molar-refractivity contribution in [1.82, 2.24) is 10.2 Å². The first-order chi connectivity index (χ1) is 12.5. The van der Waals surface area contributed by atoms with Gasteiger partial charge < -0.3 is 19.7 Å². The number of nitrogens with one attached hydrogen (secondary N) is 1. The Hall–Kier alpha value is -1.99. The van der Waals surface area contributed by atoms with E-state index in [1.807, 2.05) is 0 Å². The maximum Gasteiger partial charge on any atom is 0.316 e. The smallest absolute Gasteiger partial charge is 0.316 e. The number of likely N-dealkylation sites (tertiary alicyclic amines) is 1. The zero-order chi connectivity index (χ0) is 18.4. The van der Waals surface area contributed by atoms with Gasteiger partial charge in [-0.05, 0) is 18.1 Å². The molecule has 3 aliphatic rings. The van der Waals surface area contributed by atoms with Gasteiger partial charge in [0.15, 0.2) is 0 Å². The minimum atomic E-state index is -0.763. The molecule has 0 aromatic heterocycles. The summed E-state index contributed by atoms with van der Waals surface area (Å²) in [7, 11) is 1.37. The van der Waals surface area contributed by atoms with Gasteiger partial charge in [-0.3, -0.25) is 9.59 Å². The van der Waals surface area contributed by atoms with Crippen LogP contribution in [0.2, 0.25) is 0 Å². The summed E-state index contributed by atoms with van der Waals surface area (Å²) in [4.78, 5) is 27.4. The minimum absolute atomic E-state index is 0.0165. The predicted molar refractivity (Wildman–Crippen MR) is 90.7 cm³/mol. The second-order valence-corrected chi connectivity index (χ2v) is 7.70. The molecule has 1 aromatic carbocycles. The summed E-state index contributed by atoms with van der Waals surface area (Å²) in [5, 5.41) is 3.15. The number of esters is 1. The van der Waals surface area contributed by atoms with Crippen molar-refractivity contribution in [2.24, 2.45) is 16.7 Å². The molecule has 7 heteroatoms. The van der Waals surface area contributed by atoms with Crippen LogP contribution in [0.1, 0.15) is 5.56 Å². The minimum Gasteiger partial charge on any atom is -0.468 e. The lowest BCUT2D eigenvalue weighted by molar-refractivity contribution is -0.154. The first kappa shape index (κ1) is 17.4. The number of carbonyl (C=O) groups excluding carboxylic acids is 2. The van der Waals surface area contributed by atoms with Gasteiger partial charge in [-0.15, -0.1) is 0 Å². The van der Waals surface area contributed by atoms with E-state index in [1.54, 1.807) is 23.1 Å². The van der Waals surface area contributed by atoms with Gasteiger partial charge in [-0.2, -0.15) is 0 Å². The number of ether oxygens (including phenoxy) is 2. The molecular weight excluding hydrogens is 339 g/mol. The molecule has 3 fully saturated rings. The predicted octanol–water partition coefficient (Wildman–Crippen LogP) is 0.606. The van der Waals surface area contributed by atoms with Crippen molar-refractivity contribution in [3.63, 3.8) is 0 Å². The van der Waals surface area contributed by atoms with Crippen molar-refractivity contribution in [1.29, 1.82) is 0 Å². The fourth-order valence-corrected chi connectivity index (χ4v) is 4.50. The Morgan fingerprint density at radius 3 is 2.81 bits per heavy atom. The molecule has 3 aliphatic heterocycles. The molecule has 2 atom stereocenters. The Kier molecular flexibility index (Phi) is 4.23. The average molecular weight is 362 g/mol. The molecule has 1 N–H and O–H groups in total. The van der Waals surface area contributed by atoms with E-state index in [0.29, 0.717) is 44.8 Å². The van der Waals surface area contributed by atoms with Gasteiger partial charge in [0.25, 0.3) is 0 Å². The highest BCUT2D eigenvalue weighted by Crippen LogP contribution is 2.44. The SMILES string of the molecule is COC(=O)[C@@]12COC[C@@H]1CN(C(=O)C1(Cc3ccccc3F)CNC1)C2. The third-order valence-electron chi connectivity index (χ3n) is 6.12. The molecule has 6 nitrogen and oxygen atoms in total. The highest BCUT2D eigenvalue weighted by molar-refractivity contribution is 5.87. The quantitative estimate of drug-likeness (QED) is 0.795. The molecule has 0 saturated carbocycles. The Morgan fingerprint density at radius 2 is 2.15 bits per heavy atom. The summed E-state index contributed by atoms with van der Waals surface area (Å²) in [6.07, 6.45) is 0.356. The number of hydrogen-bond donors (Lipinski definition) is 1. The third kappa shape index (κ3) is 2.53. The van der Waals surface area contributed by atoms with E-state index in [0.717, 1.165) is 0 Å². The number of nitrogens with zero attached hydrogens (tertiary/aromatic N) is 1. The molecule has 1 aromatic rings. The topological polar surface area (TPSA) is 67.9 Å². The van der Waals surface area contributed by atoms with E-state index >= 15 is 0 Å². The molecule has 0 aliphatic carbocycles. The summed E-state index contributed by atoms with van der Waals surface area (Å²) in [5.74, 6) is -0.663. The Bertz CT molecular complexity index is 736. The van der Waals surface area contributed by atoms with Crippen LogP contribution in [0, 0.1) is 22.6 Å². The van der Waals surface area contributed by atoms with Crippen molar-refractivity contribution >= 4 is 11.9 Å². The lowest BCUT2D eigenvalue weighted by atomic mass is 9.75. The second kappa shape index (κ2) is 6.32. The van der Waals surface area contributed by atoms with Crippen LogP contribution in [0.5, 0.6) is 0 Å². The van der Waals surface area contributed by atoms with Crippen molar-refractivity contribution in [2.75, 3.05) is 46.5 Å². The molecule has 4 rings (SSSR count). The van der Waals surface area contributed by atoms with Crippen molar-refractivity contribution in [3.05, 3.63) is 35.6 Å². The van der Waals surface area contributed by atoms with Gasteiger partial charge in [-0.25, -0.2) is 4.39 Å². The molecule has 140 valence electrons. The Morgan fingerprint density at radius 1 is 1.38 bits per heavy atom. The van der Waals surface area contributed by atoms with Crippen LogP contribution in [0.4, 0.5) is 4.39 Å². The van der Waals surface area contributed by atoms with Gasteiger partial charge in [0, 0.05) is 32.1 Å². The number of methoxy groups -OCH3 is 1. The monoisotopic (exact) mass is 362 g/mol. The highest BCUT2D eigenvalue weighted by atomic mass is 19.1. The largest absolute Gasteiger partial charge is 0.468 e.